The van der Waals surface area contributed by atoms with Crippen LogP contribution in [-0.2, 0) is 4.74 Å². The van der Waals surface area contributed by atoms with Crippen LogP contribution in [0, 0.1) is 0 Å². The zero-order valence-electron chi connectivity index (χ0n) is 8.31. The number of ether oxygens (including phenoxy) is 2. The number of aliphatic hydroxyl groups is 2. The summed E-state index contributed by atoms with van der Waals surface area (Å²) in [6.45, 7) is -0.257. The first-order valence-electron chi connectivity index (χ1n) is 5.04. The van der Waals surface area contributed by atoms with Crippen molar-refractivity contribution in [3.05, 3.63) is 28.6 Å². The van der Waals surface area contributed by atoms with E-state index in [-0.39, 0.29) is 12.0 Å². The molecule has 86 valence electrons. The quantitative estimate of drug-likeness (QED) is 0.631. The molecule has 2 aliphatic rings. The van der Waals surface area contributed by atoms with E-state index in [1.54, 1.807) is 10.8 Å². The van der Waals surface area contributed by atoms with Crippen LogP contribution in [0.2, 0.25) is 0 Å². The number of hydrogen-bond acceptors (Lipinski definition) is 5. The Balaban J connectivity index is 1.99. The number of nitrogens with zero attached hydrogens (tertiary/aromatic N) is 1. The minimum atomic E-state index is -0.884. The van der Waals surface area contributed by atoms with Crippen LogP contribution in [0.3, 0.4) is 0 Å². The molecule has 0 spiro atoms. The van der Waals surface area contributed by atoms with Gasteiger partial charge < -0.3 is 19.7 Å². The van der Waals surface area contributed by atoms with E-state index in [4.69, 9.17) is 14.6 Å². The standard InChI is InChI=1S/C10H11NO5/c12-4-6-8(14)9-10(15-6)11-2-1-5(13)3-7(11)16-9/h1-3,6,8-10,12,14H,4H2. The first-order valence-corrected chi connectivity index (χ1v) is 5.04. The molecule has 4 unspecified atom stereocenters. The molecule has 1 fully saturated rings. The average molecular weight is 225 g/mol. The summed E-state index contributed by atoms with van der Waals surface area (Å²) in [4.78, 5) is 11.1. The van der Waals surface area contributed by atoms with Gasteiger partial charge in [0.05, 0.1) is 6.61 Å². The molecule has 0 amide bonds. The normalized spacial score (nSPS) is 35.6. The lowest BCUT2D eigenvalue weighted by atomic mass is 10.1. The molecule has 1 aromatic heterocycles. The van der Waals surface area contributed by atoms with E-state index < -0.39 is 24.5 Å². The molecule has 6 heteroatoms. The highest BCUT2D eigenvalue weighted by molar-refractivity contribution is 5.20. The zero-order valence-corrected chi connectivity index (χ0v) is 8.31. The van der Waals surface area contributed by atoms with Gasteiger partial charge in [-0.1, -0.05) is 0 Å². The molecule has 6 nitrogen and oxygen atoms in total. The van der Waals surface area contributed by atoms with Crippen molar-refractivity contribution in [1.29, 1.82) is 0 Å². The first-order chi connectivity index (χ1) is 7.70. The third kappa shape index (κ3) is 1.21. The SMILES string of the molecule is O=c1ccn2c(c1)OC1C(O)C(CO)OC12. The van der Waals surface area contributed by atoms with Crippen molar-refractivity contribution in [2.75, 3.05) is 6.61 Å². The third-order valence-electron chi connectivity index (χ3n) is 2.94. The molecule has 0 aliphatic carbocycles. The Morgan fingerprint density at radius 1 is 1.50 bits per heavy atom. The fourth-order valence-electron chi connectivity index (χ4n) is 2.14. The Labute approximate surface area is 90.7 Å². The van der Waals surface area contributed by atoms with Crippen LogP contribution >= 0.6 is 0 Å². The van der Waals surface area contributed by atoms with Crippen molar-refractivity contribution in [3.63, 3.8) is 0 Å². The van der Waals surface area contributed by atoms with Crippen molar-refractivity contribution in [3.8, 4) is 5.88 Å². The molecule has 0 saturated carbocycles. The Morgan fingerprint density at radius 2 is 2.31 bits per heavy atom. The molecular weight excluding hydrogens is 214 g/mol. The van der Waals surface area contributed by atoms with Crippen molar-refractivity contribution in [2.45, 2.75) is 24.5 Å². The molecule has 3 heterocycles. The van der Waals surface area contributed by atoms with Gasteiger partial charge in [0.2, 0.25) is 0 Å². The highest BCUT2D eigenvalue weighted by atomic mass is 16.6. The highest BCUT2D eigenvalue weighted by Gasteiger charge is 2.50. The van der Waals surface area contributed by atoms with E-state index >= 15 is 0 Å². The summed E-state index contributed by atoms with van der Waals surface area (Å²) in [5.41, 5.74) is -0.153. The van der Waals surface area contributed by atoms with Crippen molar-refractivity contribution in [2.24, 2.45) is 0 Å². The van der Waals surface area contributed by atoms with Gasteiger partial charge in [-0.2, -0.15) is 0 Å². The molecule has 2 aliphatic heterocycles. The number of aromatic nitrogens is 1. The van der Waals surface area contributed by atoms with Gasteiger partial charge in [-0.25, -0.2) is 0 Å². The number of pyridine rings is 1. The molecule has 4 atom stereocenters. The Morgan fingerprint density at radius 3 is 3.06 bits per heavy atom. The van der Waals surface area contributed by atoms with Gasteiger partial charge >= 0.3 is 0 Å². The van der Waals surface area contributed by atoms with Crippen molar-refractivity contribution >= 4 is 0 Å². The zero-order chi connectivity index (χ0) is 11.3. The minimum Gasteiger partial charge on any atom is -0.468 e. The molecule has 1 aromatic rings. The highest BCUT2D eigenvalue weighted by Crippen LogP contribution is 2.39. The van der Waals surface area contributed by atoms with Crippen LogP contribution in [0.25, 0.3) is 0 Å². The van der Waals surface area contributed by atoms with Crippen molar-refractivity contribution < 1.29 is 19.7 Å². The molecule has 2 N–H and O–H groups in total. The lowest BCUT2D eigenvalue weighted by Gasteiger charge is -2.14. The first kappa shape index (κ1) is 9.83. The fourth-order valence-corrected chi connectivity index (χ4v) is 2.14. The van der Waals surface area contributed by atoms with Gasteiger partial charge in [0.25, 0.3) is 0 Å². The molecule has 1 saturated heterocycles. The maximum absolute atomic E-state index is 11.1. The van der Waals surface area contributed by atoms with Crippen molar-refractivity contribution in [1.82, 2.24) is 4.57 Å². The van der Waals surface area contributed by atoms with Gasteiger partial charge in [0.1, 0.15) is 12.2 Å². The van der Waals surface area contributed by atoms with Crippen LogP contribution in [-0.4, -0.2) is 39.7 Å². The molecule has 0 bridgehead atoms. The second-order valence-electron chi connectivity index (χ2n) is 3.93. The summed E-state index contributed by atoms with van der Waals surface area (Å²) in [6, 6.07) is 2.75. The largest absolute Gasteiger partial charge is 0.468 e. The van der Waals surface area contributed by atoms with Gasteiger partial charge in [0.15, 0.2) is 23.6 Å². The van der Waals surface area contributed by atoms with Gasteiger partial charge in [0, 0.05) is 18.3 Å². The van der Waals surface area contributed by atoms with Crippen LogP contribution in [0.4, 0.5) is 0 Å². The van der Waals surface area contributed by atoms with Crippen LogP contribution in [0.15, 0.2) is 23.1 Å². The predicted octanol–water partition coefficient (Wildman–Crippen LogP) is -1.14. The van der Waals surface area contributed by atoms with E-state index in [0.717, 1.165) is 0 Å². The summed E-state index contributed by atoms with van der Waals surface area (Å²) in [5, 5.41) is 18.8. The monoisotopic (exact) mass is 225 g/mol. The van der Waals surface area contributed by atoms with Crippen LogP contribution in [0.5, 0.6) is 5.88 Å². The molecule has 3 rings (SSSR count). The van der Waals surface area contributed by atoms with Gasteiger partial charge in [-0.05, 0) is 0 Å². The van der Waals surface area contributed by atoms with E-state index in [2.05, 4.69) is 0 Å². The smallest absolute Gasteiger partial charge is 0.200 e. The van der Waals surface area contributed by atoms with E-state index in [1.165, 1.54) is 12.1 Å². The Bertz CT molecular complexity index is 471. The summed E-state index contributed by atoms with van der Waals surface area (Å²) >= 11 is 0. The number of rotatable bonds is 1. The third-order valence-corrected chi connectivity index (χ3v) is 2.94. The van der Waals surface area contributed by atoms with E-state index in [0.29, 0.717) is 5.88 Å². The lowest BCUT2D eigenvalue weighted by molar-refractivity contribution is -0.0432. The van der Waals surface area contributed by atoms with Gasteiger partial charge in [-0.15, -0.1) is 0 Å². The van der Waals surface area contributed by atoms with Crippen LogP contribution < -0.4 is 10.2 Å². The maximum Gasteiger partial charge on any atom is 0.200 e. The molecule has 0 radical (unpaired) electrons. The van der Waals surface area contributed by atoms with E-state index in [9.17, 15) is 9.90 Å². The predicted molar refractivity (Wildman–Crippen MR) is 52.1 cm³/mol. The number of fused-ring (bicyclic) bond motifs is 3. The Hall–Kier alpha value is -1.37. The molecule has 0 aromatic carbocycles. The average Bonchev–Trinajstić information content (AvgIpc) is 2.75. The summed E-state index contributed by atoms with van der Waals surface area (Å²) in [7, 11) is 0. The molecular formula is C10H11NO5. The minimum absolute atomic E-state index is 0.153. The second kappa shape index (κ2) is 3.31. The topological polar surface area (TPSA) is 80.9 Å². The lowest BCUT2D eigenvalue weighted by Crippen LogP contribution is -2.34. The Kier molecular flexibility index (Phi) is 2.03. The summed E-state index contributed by atoms with van der Waals surface area (Å²) in [6.07, 6.45) is -0.983. The second-order valence-corrected chi connectivity index (χ2v) is 3.93. The number of hydrogen-bond donors (Lipinski definition) is 2. The molecule has 16 heavy (non-hydrogen) atoms. The fraction of sp³-hybridized carbons (Fsp3) is 0.500. The number of aliphatic hydroxyl groups excluding tert-OH is 2. The van der Waals surface area contributed by atoms with E-state index in [1.807, 2.05) is 0 Å². The maximum atomic E-state index is 11.1. The van der Waals surface area contributed by atoms with Crippen LogP contribution in [0.1, 0.15) is 6.23 Å². The van der Waals surface area contributed by atoms with Gasteiger partial charge in [-0.3, -0.25) is 9.36 Å². The summed E-state index contributed by atoms with van der Waals surface area (Å²) in [5.74, 6) is 0.387. The summed E-state index contributed by atoms with van der Waals surface area (Å²) < 4.78 is 12.5.